The summed E-state index contributed by atoms with van der Waals surface area (Å²) in [4.78, 5) is 5.24. The summed E-state index contributed by atoms with van der Waals surface area (Å²) in [7, 11) is 0. The number of hydrogen-bond donors (Lipinski definition) is 1. The standard InChI is InChI=1S/C20H32N2O2/c1-2-24-20-9-7-17(8-10-20)15-21-12-13-22(16-19(21)11-14-23)18-5-3-4-6-18/h7-10,18-19,23H,2-6,11-16H2,1H3. The van der Waals surface area contributed by atoms with Gasteiger partial charge in [0.05, 0.1) is 6.61 Å². The van der Waals surface area contributed by atoms with E-state index in [2.05, 4.69) is 34.1 Å². The van der Waals surface area contributed by atoms with Gasteiger partial charge in [-0.15, -0.1) is 0 Å². The summed E-state index contributed by atoms with van der Waals surface area (Å²) in [6.45, 7) is 7.36. The van der Waals surface area contributed by atoms with Gasteiger partial charge in [0, 0.05) is 44.9 Å². The summed E-state index contributed by atoms with van der Waals surface area (Å²) in [5.74, 6) is 0.944. The molecular formula is C20H32N2O2. The molecule has 4 heteroatoms. The third kappa shape index (κ3) is 4.50. The zero-order valence-corrected chi connectivity index (χ0v) is 15.0. The predicted octanol–water partition coefficient (Wildman–Crippen LogP) is 2.90. The number of benzene rings is 1. The molecule has 1 aliphatic heterocycles. The van der Waals surface area contributed by atoms with Crippen LogP contribution in [-0.2, 0) is 6.54 Å². The zero-order valence-electron chi connectivity index (χ0n) is 15.0. The quantitative estimate of drug-likeness (QED) is 0.833. The molecule has 3 rings (SSSR count). The maximum Gasteiger partial charge on any atom is 0.119 e. The first-order valence-corrected chi connectivity index (χ1v) is 9.61. The third-order valence-electron chi connectivity index (χ3n) is 5.56. The molecule has 0 radical (unpaired) electrons. The van der Waals surface area contributed by atoms with Gasteiger partial charge in [-0.2, -0.15) is 0 Å². The maximum atomic E-state index is 9.49. The monoisotopic (exact) mass is 332 g/mol. The van der Waals surface area contributed by atoms with Gasteiger partial charge in [-0.3, -0.25) is 9.80 Å². The highest BCUT2D eigenvalue weighted by Gasteiger charge is 2.31. The summed E-state index contributed by atoms with van der Waals surface area (Å²) in [5, 5.41) is 9.49. The summed E-state index contributed by atoms with van der Waals surface area (Å²) < 4.78 is 5.53. The van der Waals surface area contributed by atoms with Gasteiger partial charge >= 0.3 is 0 Å². The lowest BCUT2D eigenvalue weighted by Gasteiger charge is -2.44. The maximum absolute atomic E-state index is 9.49. The largest absolute Gasteiger partial charge is 0.494 e. The summed E-state index contributed by atoms with van der Waals surface area (Å²) in [6, 6.07) is 9.73. The van der Waals surface area contributed by atoms with Gasteiger partial charge in [0.25, 0.3) is 0 Å². The van der Waals surface area contributed by atoms with Crippen molar-refractivity contribution >= 4 is 0 Å². The van der Waals surface area contributed by atoms with Crippen molar-refractivity contribution in [1.82, 2.24) is 9.80 Å². The van der Waals surface area contributed by atoms with Crippen LogP contribution in [0.4, 0.5) is 0 Å². The fourth-order valence-corrected chi connectivity index (χ4v) is 4.24. The number of ether oxygens (including phenoxy) is 1. The molecule has 1 heterocycles. The Bertz CT molecular complexity index is 485. The molecule has 1 aromatic rings. The van der Waals surface area contributed by atoms with E-state index in [9.17, 15) is 5.11 Å². The molecule has 1 atom stereocenters. The third-order valence-corrected chi connectivity index (χ3v) is 5.56. The average Bonchev–Trinajstić information content (AvgIpc) is 3.13. The average molecular weight is 332 g/mol. The molecule has 0 spiro atoms. The van der Waals surface area contributed by atoms with Crippen molar-refractivity contribution in [1.29, 1.82) is 0 Å². The zero-order chi connectivity index (χ0) is 16.8. The van der Waals surface area contributed by atoms with Gasteiger partial charge in [0.2, 0.25) is 0 Å². The summed E-state index contributed by atoms with van der Waals surface area (Å²) in [5.41, 5.74) is 1.33. The molecule has 1 unspecified atom stereocenters. The van der Waals surface area contributed by atoms with E-state index in [1.165, 1.54) is 37.8 Å². The van der Waals surface area contributed by atoms with Crippen LogP contribution in [0.2, 0.25) is 0 Å². The van der Waals surface area contributed by atoms with Gasteiger partial charge < -0.3 is 9.84 Å². The van der Waals surface area contributed by atoms with Gasteiger partial charge in [-0.25, -0.2) is 0 Å². The molecule has 1 aromatic carbocycles. The molecule has 134 valence electrons. The number of rotatable bonds is 7. The van der Waals surface area contributed by atoms with Crippen LogP contribution in [0.15, 0.2) is 24.3 Å². The van der Waals surface area contributed by atoms with Gasteiger partial charge in [-0.1, -0.05) is 25.0 Å². The van der Waals surface area contributed by atoms with Gasteiger partial charge in [-0.05, 0) is 43.9 Å². The molecule has 4 nitrogen and oxygen atoms in total. The minimum Gasteiger partial charge on any atom is -0.494 e. The van der Waals surface area contributed by atoms with Crippen LogP contribution in [-0.4, -0.2) is 59.8 Å². The summed E-state index contributed by atoms with van der Waals surface area (Å²) in [6.07, 6.45) is 6.39. The van der Waals surface area contributed by atoms with Crippen molar-refractivity contribution in [2.24, 2.45) is 0 Å². The second-order valence-electron chi connectivity index (χ2n) is 7.15. The first-order valence-electron chi connectivity index (χ1n) is 9.61. The molecule has 1 saturated carbocycles. The van der Waals surface area contributed by atoms with E-state index in [1.54, 1.807) is 0 Å². The van der Waals surface area contributed by atoms with Crippen molar-refractivity contribution in [2.45, 2.75) is 57.7 Å². The first kappa shape index (κ1) is 17.7. The highest BCUT2D eigenvalue weighted by molar-refractivity contribution is 5.27. The SMILES string of the molecule is CCOc1ccc(CN2CCN(C3CCCC3)CC2CCO)cc1. The second kappa shape index (κ2) is 8.84. The second-order valence-corrected chi connectivity index (χ2v) is 7.15. The predicted molar refractivity (Wildman–Crippen MR) is 97.3 cm³/mol. The lowest BCUT2D eigenvalue weighted by atomic mass is 10.0. The summed E-state index contributed by atoms with van der Waals surface area (Å²) >= 11 is 0. The Kier molecular flexibility index (Phi) is 6.52. The van der Waals surface area contributed by atoms with Crippen LogP contribution < -0.4 is 4.74 Å². The Labute approximate surface area is 146 Å². The Hall–Kier alpha value is -1.10. The lowest BCUT2D eigenvalue weighted by Crippen LogP contribution is -2.55. The van der Waals surface area contributed by atoms with E-state index in [-0.39, 0.29) is 6.61 Å². The molecule has 2 aliphatic rings. The Morgan fingerprint density at radius 1 is 1.12 bits per heavy atom. The Morgan fingerprint density at radius 3 is 2.54 bits per heavy atom. The van der Waals surface area contributed by atoms with Crippen LogP contribution in [0.5, 0.6) is 5.75 Å². The number of aliphatic hydroxyl groups excluding tert-OH is 1. The van der Waals surface area contributed by atoms with Crippen molar-refractivity contribution in [3.8, 4) is 5.75 Å². The number of aliphatic hydroxyl groups is 1. The molecule has 0 aromatic heterocycles. The topological polar surface area (TPSA) is 35.9 Å². The Balaban J connectivity index is 1.59. The molecule has 24 heavy (non-hydrogen) atoms. The normalized spacial score (nSPS) is 23.7. The highest BCUT2D eigenvalue weighted by Crippen LogP contribution is 2.27. The molecule has 1 aliphatic carbocycles. The van der Waals surface area contributed by atoms with E-state index in [4.69, 9.17) is 4.74 Å². The molecular weight excluding hydrogens is 300 g/mol. The van der Waals surface area contributed by atoms with Crippen LogP contribution in [0.3, 0.4) is 0 Å². The molecule has 0 bridgehead atoms. The minimum absolute atomic E-state index is 0.281. The van der Waals surface area contributed by atoms with Crippen LogP contribution in [0.25, 0.3) is 0 Å². The van der Waals surface area contributed by atoms with Crippen molar-refractivity contribution in [2.75, 3.05) is 32.8 Å². The minimum atomic E-state index is 0.281. The van der Waals surface area contributed by atoms with Crippen molar-refractivity contribution < 1.29 is 9.84 Å². The molecule has 2 fully saturated rings. The van der Waals surface area contributed by atoms with Crippen LogP contribution in [0, 0.1) is 0 Å². The van der Waals surface area contributed by atoms with Gasteiger partial charge in [0.15, 0.2) is 0 Å². The van der Waals surface area contributed by atoms with E-state index in [1.807, 2.05) is 6.92 Å². The highest BCUT2D eigenvalue weighted by atomic mass is 16.5. The number of nitrogens with zero attached hydrogens (tertiary/aromatic N) is 2. The van der Waals surface area contributed by atoms with Crippen LogP contribution in [0.1, 0.15) is 44.6 Å². The fourth-order valence-electron chi connectivity index (χ4n) is 4.24. The lowest BCUT2D eigenvalue weighted by molar-refractivity contribution is 0.0327. The smallest absolute Gasteiger partial charge is 0.119 e. The number of piperazine rings is 1. The fraction of sp³-hybridized carbons (Fsp3) is 0.700. The Morgan fingerprint density at radius 2 is 1.88 bits per heavy atom. The molecule has 1 saturated heterocycles. The molecule has 0 amide bonds. The van der Waals surface area contributed by atoms with Crippen molar-refractivity contribution in [3.05, 3.63) is 29.8 Å². The molecule has 1 N–H and O–H groups in total. The number of hydrogen-bond acceptors (Lipinski definition) is 4. The van der Waals surface area contributed by atoms with E-state index in [0.29, 0.717) is 12.6 Å². The van der Waals surface area contributed by atoms with Crippen molar-refractivity contribution in [3.63, 3.8) is 0 Å². The van der Waals surface area contributed by atoms with E-state index < -0.39 is 0 Å². The first-order chi connectivity index (χ1) is 11.8. The van der Waals surface area contributed by atoms with E-state index in [0.717, 1.165) is 37.8 Å². The van der Waals surface area contributed by atoms with Crippen LogP contribution >= 0.6 is 0 Å². The van der Waals surface area contributed by atoms with E-state index >= 15 is 0 Å². The van der Waals surface area contributed by atoms with Gasteiger partial charge in [0.1, 0.15) is 5.75 Å².